The van der Waals surface area contributed by atoms with E-state index >= 15 is 0 Å². The number of hydrogen-bond donors (Lipinski definition) is 2. The second-order valence-corrected chi connectivity index (χ2v) is 6.12. The Labute approximate surface area is 113 Å². The standard InChI is InChI=1S/C14H20N2OS/c1-11(15-10-14(18-2)8-9-14)13(17)16-12-6-4-3-5-7-12/h3-7,11,15H,8-10H2,1-2H3,(H,16,17). The van der Waals surface area contributed by atoms with Crippen LogP contribution in [0.25, 0.3) is 0 Å². The molecule has 2 N–H and O–H groups in total. The van der Waals surface area contributed by atoms with Crippen molar-refractivity contribution in [2.24, 2.45) is 0 Å². The van der Waals surface area contributed by atoms with E-state index in [0.717, 1.165) is 12.2 Å². The van der Waals surface area contributed by atoms with Crippen molar-refractivity contribution in [2.75, 3.05) is 18.1 Å². The molecule has 1 aromatic carbocycles. The number of hydrogen-bond acceptors (Lipinski definition) is 3. The summed E-state index contributed by atoms with van der Waals surface area (Å²) in [4.78, 5) is 12.0. The molecule has 0 aromatic heterocycles. The van der Waals surface area contributed by atoms with Gasteiger partial charge in [0, 0.05) is 17.0 Å². The number of thioether (sulfide) groups is 1. The number of carbonyl (C=O) groups is 1. The topological polar surface area (TPSA) is 41.1 Å². The molecule has 1 fully saturated rings. The van der Waals surface area contributed by atoms with Crippen molar-refractivity contribution in [3.63, 3.8) is 0 Å². The van der Waals surface area contributed by atoms with Crippen LogP contribution in [-0.2, 0) is 4.79 Å². The van der Waals surface area contributed by atoms with Crippen LogP contribution in [-0.4, -0.2) is 29.5 Å². The van der Waals surface area contributed by atoms with Crippen molar-refractivity contribution in [1.29, 1.82) is 0 Å². The summed E-state index contributed by atoms with van der Waals surface area (Å²) in [6.07, 6.45) is 4.66. The minimum atomic E-state index is -0.158. The normalized spacial score (nSPS) is 18.1. The molecule has 1 unspecified atom stereocenters. The Morgan fingerprint density at radius 3 is 2.61 bits per heavy atom. The molecule has 0 aliphatic heterocycles. The van der Waals surface area contributed by atoms with Gasteiger partial charge >= 0.3 is 0 Å². The highest BCUT2D eigenvalue weighted by molar-refractivity contribution is 8.00. The van der Waals surface area contributed by atoms with E-state index in [9.17, 15) is 4.79 Å². The molecule has 1 saturated carbocycles. The van der Waals surface area contributed by atoms with Crippen LogP contribution in [0.5, 0.6) is 0 Å². The Kier molecular flexibility index (Phi) is 4.30. The van der Waals surface area contributed by atoms with Crippen LogP contribution in [0.4, 0.5) is 5.69 Å². The Morgan fingerprint density at radius 1 is 1.39 bits per heavy atom. The molecule has 1 aliphatic rings. The van der Waals surface area contributed by atoms with Crippen LogP contribution in [0.15, 0.2) is 30.3 Å². The lowest BCUT2D eigenvalue weighted by atomic mass is 10.2. The highest BCUT2D eigenvalue weighted by atomic mass is 32.2. The van der Waals surface area contributed by atoms with Gasteiger partial charge in [-0.05, 0) is 38.2 Å². The number of amides is 1. The van der Waals surface area contributed by atoms with E-state index in [1.165, 1.54) is 12.8 Å². The molecule has 0 spiro atoms. The quantitative estimate of drug-likeness (QED) is 0.829. The molecule has 2 rings (SSSR count). The molecule has 3 nitrogen and oxygen atoms in total. The van der Waals surface area contributed by atoms with Crippen molar-refractivity contribution >= 4 is 23.4 Å². The van der Waals surface area contributed by atoms with E-state index in [4.69, 9.17) is 0 Å². The summed E-state index contributed by atoms with van der Waals surface area (Å²) in [6.45, 7) is 2.83. The highest BCUT2D eigenvalue weighted by Crippen LogP contribution is 2.46. The molecule has 0 saturated heterocycles. The van der Waals surface area contributed by atoms with Crippen LogP contribution in [0, 0.1) is 0 Å². The summed E-state index contributed by atoms with van der Waals surface area (Å²) in [6, 6.07) is 9.41. The summed E-state index contributed by atoms with van der Waals surface area (Å²) < 4.78 is 0.390. The summed E-state index contributed by atoms with van der Waals surface area (Å²) in [5.41, 5.74) is 0.849. The average molecular weight is 264 g/mol. The number of para-hydroxylation sites is 1. The second kappa shape index (κ2) is 5.76. The first-order valence-electron chi connectivity index (χ1n) is 6.30. The predicted octanol–water partition coefficient (Wildman–Crippen LogP) is 2.50. The van der Waals surface area contributed by atoms with E-state index in [1.54, 1.807) is 0 Å². The van der Waals surface area contributed by atoms with E-state index in [0.29, 0.717) is 4.75 Å². The maximum atomic E-state index is 12.0. The Hall–Kier alpha value is -1.00. The summed E-state index contributed by atoms with van der Waals surface area (Å²) >= 11 is 1.90. The molecular formula is C14H20N2OS. The Morgan fingerprint density at radius 2 is 2.06 bits per heavy atom. The predicted molar refractivity (Wildman–Crippen MR) is 78.0 cm³/mol. The molecule has 1 amide bonds. The first-order valence-corrected chi connectivity index (χ1v) is 7.52. The smallest absolute Gasteiger partial charge is 0.241 e. The number of rotatable bonds is 6. The molecule has 0 radical (unpaired) electrons. The fraction of sp³-hybridized carbons (Fsp3) is 0.500. The largest absolute Gasteiger partial charge is 0.325 e. The Bertz CT molecular complexity index is 404. The van der Waals surface area contributed by atoms with Gasteiger partial charge in [-0.1, -0.05) is 18.2 Å². The Balaban J connectivity index is 1.78. The summed E-state index contributed by atoms with van der Waals surface area (Å²) in [5.74, 6) is 0.0260. The monoisotopic (exact) mass is 264 g/mol. The number of anilines is 1. The number of nitrogens with one attached hydrogen (secondary N) is 2. The second-order valence-electron chi connectivity index (χ2n) is 4.85. The third-order valence-corrected chi connectivity index (χ3v) is 4.82. The number of carbonyl (C=O) groups excluding carboxylic acids is 1. The molecule has 98 valence electrons. The van der Waals surface area contributed by atoms with Crippen LogP contribution < -0.4 is 10.6 Å². The third kappa shape index (κ3) is 3.50. The number of benzene rings is 1. The van der Waals surface area contributed by atoms with Gasteiger partial charge in [0.25, 0.3) is 0 Å². The summed E-state index contributed by atoms with van der Waals surface area (Å²) in [7, 11) is 0. The zero-order chi connectivity index (χ0) is 13.0. The molecule has 1 atom stereocenters. The van der Waals surface area contributed by atoms with Gasteiger partial charge in [-0.25, -0.2) is 0 Å². The van der Waals surface area contributed by atoms with Crippen molar-refractivity contribution in [2.45, 2.75) is 30.6 Å². The van der Waals surface area contributed by atoms with Crippen LogP contribution in [0.3, 0.4) is 0 Å². The van der Waals surface area contributed by atoms with Gasteiger partial charge in [-0.3, -0.25) is 4.79 Å². The van der Waals surface area contributed by atoms with Gasteiger partial charge in [-0.15, -0.1) is 0 Å². The molecule has 0 heterocycles. The van der Waals surface area contributed by atoms with Gasteiger partial charge in [-0.2, -0.15) is 11.8 Å². The van der Waals surface area contributed by atoms with Gasteiger partial charge < -0.3 is 10.6 Å². The first-order chi connectivity index (χ1) is 8.65. The minimum absolute atomic E-state index is 0.0260. The van der Waals surface area contributed by atoms with Crippen LogP contribution in [0.1, 0.15) is 19.8 Å². The van der Waals surface area contributed by atoms with Gasteiger partial charge in [0.05, 0.1) is 6.04 Å². The zero-order valence-corrected chi connectivity index (χ0v) is 11.7. The van der Waals surface area contributed by atoms with Gasteiger partial charge in [0.15, 0.2) is 0 Å². The molecule has 18 heavy (non-hydrogen) atoms. The maximum Gasteiger partial charge on any atom is 0.241 e. The molecular weight excluding hydrogens is 244 g/mol. The molecule has 4 heteroatoms. The summed E-state index contributed by atoms with van der Waals surface area (Å²) in [5, 5.41) is 6.23. The van der Waals surface area contributed by atoms with E-state index < -0.39 is 0 Å². The molecule has 0 bridgehead atoms. The van der Waals surface area contributed by atoms with Crippen molar-refractivity contribution < 1.29 is 4.79 Å². The van der Waals surface area contributed by atoms with E-state index in [-0.39, 0.29) is 11.9 Å². The van der Waals surface area contributed by atoms with Crippen molar-refractivity contribution in [1.82, 2.24) is 5.32 Å². The van der Waals surface area contributed by atoms with Gasteiger partial charge in [0.2, 0.25) is 5.91 Å². The molecule has 1 aromatic rings. The molecule has 1 aliphatic carbocycles. The fourth-order valence-corrected chi connectivity index (χ4v) is 2.53. The first kappa shape index (κ1) is 13.4. The fourth-order valence-electron chi connectivity index (χ4n) is 1.80. The maximum absolute atomic E-state index is 12.0. The third-order valence-electron chi connectivity index (χ3n) is 3.41. The zero-order valence-electron chi connectivity index (χ0n) is 10.9. The van der Waals surface area contributed by atoms with E-state index in [1.807, 2.05) is 49.0 Å². The average Bonchev–Trinajstić information content (AvgIpc) is 3.18. The lowest BCUT2D eigenvalue weighted by Crippen LogP contribution is -2.41. The lowest BCUT2D eigenvalue weighted by molar-refractivity contribution is -0.117. The lowest BCUT2D eigenvalue weighted by Gasteiger charge is -2.18. The highest BCUT2D eigenvalue weighted by Gasteiger charge is 2.41. The van der Waals surface area contributed by atoms with Crippen LogP contribution in [0.2, 0.25) is 0 Å². The van der Waals surface area contributed by atoms with Crippen LogP contribution >= 0.6 is 11.8 Å². The van der Waals surface area contributed by atoms with Crippen molar-refractivity contribution in [3.8, 4) is 0 Å². The minimum Gasteiger partial charge on any atom is -0.325 e. The van der Waals surface area contributed by atoms with Crippen molar-refractivity contribution in [3.05, 3.63) is 30.3 Å². The van der Waals surface area contributed by atoms with E-state index in [2.05, 4.69) is 16.9 Å². The van der Waals surface area contributed by atoms with Gasteiger partial charge in [0.1, 0.15) is 0 Å². The SMILES string of the molecule is CSC1(CNC(C)C(=O)Nc2ccccc2)CC1.